The molecule has 0 aliphatic carbocycles. The Morgan fingerprint density at radius 3 is 1.71 bits per heavy atom. The lowest BCUT2D eigenvalue weighted by atomic mass is 10.00. The molecule has 0 spiro atoms. The number of allylic oxidation sites excluding steroid dienone is 4. The highest BCUT2D eigenvalue weighted by Crippen LogP contribution is 2.36. The first-order valence-electron chi connectivity index (χ1n) is 14.3. The maximum atomic E-state index is 5.18. The van der Waals surface area contributed by atoms with E-state index in [1.807, 2.05) is 0 Å². The number of aryl methyl sites for hydroxylation is 4. The third-order valence-electron chi connectivity index (χ3n) is 8.73. The first-order valence-corrected chi connectivity index (χ1v) is 14.3. The zero-order valence-corrected chi connectivity index (χ0v) is 24.4. The minimum absolute atomic E-state index is 1.02. The number of hydrogen-bond donors (Lipinski definition) is 2. The number of unbranched alkanes of at least 4 members (excludes halogenated alkanes) is 2. The Labute approximate surface area is 227 Å². The molecule has 0 unspecified atom stereocenters. The second-order valence-electron chi connectivity index (χ2n) is 11.2. The normalized spacial score (nSPS) is 13.7. The van der Waals surface area contributed by atoms with Gasteiger partial charge in [0, 0.05) is 22.1 Å². The molecule has 0 aromatic carbocycles. The van der Waals surface area contributed by atoms with Crippen molar-refractivity contribution in [2.45, 2.75) is 93.9 Å². The van der Waals surface area contributed by atoms with Crippen LogP contribution in [0.15, 0.2) is 24.3 Å². The van der Waals surface area contributed by atoms with E-state index in [9.17, 15) is 0 Å². The van der Waals surface area contributed by atoms with Gasteiger partial charge in [-0.3, -0.25) is 0 Å². The Kier molecular flexibility index (Phi) is 7.17. The van der Waals surface area contributed by atoms with Crippen LogP contribution in [0.3, 0.4) is 0 Å². The summed E-state index contributed by atoms with van der Waals surface area (Å²) in [6, 6.07) is 9.01. The van der Waals surface area contributed by atoms with Gasteiger partial charge in [-0.15, -0.1) is 0 Å². The molecule has 2 aliphatic rings. The molecule has 3 aromatic heterocycles. The molecule has 5 rings (SSSR count). The molecule has 2 N–H and O–H groups in total. The molecular formula is C34H42N4. The van der Waals surface area contributed by atoms with Crippen LogP contribution in [0.1, 0.15) is 112 Å². The van der Waals surface area contributed by atoms with Crippen molar-refractivity contribution in [1.29, 1.82) is 0 Å². The number of nitrogens with one attached hydrogen (secondary N) is 2. The molecule has 3 aromatic rings. The van der Waals surface area contributed by atoms with E-state index in [1.165, 1.54) is 74.8 Å². The van der Waals surface area contributed by atoms with Crippen LogP contribution in [0, 0.1) is 20.8 Å². The molecule has 0 saturated carbocycles. The van der Waals surface area contributed by atoms with Crippen LogP contribution < -0.4 is 0 Å². The van der Waals surface area contributed by atoms with Crippen molar-refractivity contribution in [2.75, 3.05) is 0 Å². The number of fused-ring (bicyclic) bond motifs is 8. The molecule has 4 heteroatoms. The molecule has 0 radical (unpaired) electrons. The summed E-state index contributed by atoms with van der Waals surface area (Å²) in [5.74, 6) is 0. The fraction of sp³-hybridized carbons (Fsp3) is 0.412. The van der Waals surface area contributed by atoms with Crippen molar-refractivity contribution < 1.29 is 0 Å². The summed E-state index contributed by atoms with van der Waals surface area (Å²) < 4.78 is 0. The second kappa shape index (κ2) is 10.4. The van der Waals surface area contributed by atoms with Gasteiger partial charge >= 0.3 is 0 Å². The van der Waals surface area contributed by atoms with Gasteiger partial charge in [-0.05, 0) is 136 Å². The van der Waals surface area contributed by atoms with Gasteiger partial charge in [0.2, 0.25) is 0 Å². The van der Waals surface area contributed by atoms with Crippen molar-refractivity contribution >= 4 is 44.4 Å². The molecule has 0 saturated heterocycles. The first-order chi connectivity index (χ1) is 18.2. The predicted molar refractivity (Wildman–Crippen MR) is 164 cm³/mol. The number of rotatable bonds is 6. The molecule has 8 bridgehead atoms. The Morgan fingerprint density at radius 1 is 0.526 bits per heavy atom. The summed E-state index contributed by atoms with van der Waals surface area (Å²) in [5, 5.41) is 0. The van der Waals surface area contributed by atoms with E-state index in [0.717, 1.165) is 53.1 Å². The van der Waals surface area contributed by atoms with Crippen LogP contribution in [0.25, 0.3) is 44.4 Å². The third kappa shape index (κ3) is 4.55. The van der Waals surface area contributed by atoms with Gasteiger partial charge in [-0.25, -0.2) is 9.97 Å². The molecular weight excluding hydrogens is 464 g/mol. The average molecular weight is 507 g/mol. The maximum absolute atomic E-state index is 5.18. The second-order valence-corrected chi connectivity index (χ2v) is 11.2. The van der Waals surface area contributed by atoms with Crippen molar-refractivity contribution in [2.24, 2.45) is 0 Å². The van der Waals surface area contributed by atoms with Gasteiger partial charge in [0.15, 0.2) is 0 Å². The molecule has 0 amide bonds. The molecule has 4 nitrogen and oxygen atoms in total. The van der Waals surface area contributed by atoms with Crippen LogP contribution in [0.4, 0.5) is 0 Å². The van der Waals surface area contributed by atoms with E-state index >= 15 is 0 Å². The van der Waals surface area contributed by atoms with Crippen LogP contribution in [-0.2, 0) is 6.42 Å². The van der Waals surface area contributed by atoms with Gasteiger partial charge in [-0.2, -0.15) is 0 Å². The Hall–Kier alpha value is -3.40. The quantitative estimate of drug-likeness (QED) is 0.349. The smallest absolute Gasteiger partial charge is 0.0693 e. The van der Waals surface area contributed by atoms with E-state index < -0.39 is 0 Å². The summed E-state index contributed by atoms with van der Waals surface area (Å²) in [7, 11) is 0. The number of aromatic amines is 2. The van der Waals surface area contributed by atoms with E-state index in [2.05, 4.69) is 89.6 Å². The highest BCUT2D eigenvalue weighted by Gasteiger charge is 2.20. The molecule has 5 heterocycles. The Balaban J connectivity index is 1.91. The first kappa shape index (κ1) is 26.2. The van der Waals surface area contributed by atoms with Gasteiger partial charge < -0.3 is 9.97 Å². The van der Waals surface area contributed by atoms with Crippen molar-refractivity contribution in [3.05, 3.63) is 69.3 Å². The van der Waals surface area contributed by atoms with E-state index in [-0.39, 0.29) is 0 Å². The zero-order chi connectivity index (χ0) is 27.1. The van der Waals surface area contributed by atoms with Gasteiger partial charge in [0.25, 0.3) is 0 Å². The standard InChI is InChI=1S/C34H42N4/c1-9-11-13-25-23(7)31-15-27-20(4)22(6)30(36-27)18-34-26(14-12-10-2)24(8)32(38-34)16-28-19(3)21(5)29(35-28)17-33(25)37-31/h15-18,35,38H,9-14H2,1-8H3. The molecule has 38 heavy (non-hydrogen) atoms. The summed E-state index contributed by atoms with van der Waals surface area (Å²) in [5.41, 5.74) is 19.2. The molecule has 2 aliphatic heterocycles. The molecule has 198 valence electrons. The molecule has 0 fully saturated rings. The number of hydrogen-bond acceptors (Lipinski definition) is 2. The predicted octanol–water partition coefficient (Wildman–Crippen LogP) is 9.65. The largest absolute Gasteiger partial charge is 0.355 e. The highest BCUT2D eigenvalue weighted by molar-refractivity contribution is 5.95. The van der Waals surface area contributed by atoms with Crippen LogP contribution in [0.2, 0.25) is 0 Å². The lowest BCUT2D eigenvalue weighted by molar-refractivity contribution is 0.796. The van der Waals surface area contributed by atoms with Crippen LogP contribution >= 0.6 is 0 Å². The van der Waals surface area contributed by atoms with E-state index in [0.29, 0.717) is 0 Å². The fourth-order valence-electron chi connectivity index (χ4n) is 5.71. The topological polar surface area (TPSA) is 57.4 Å². The summed E-state index contributed by atoms with van der Waals surface area (Å²) >= 11 is 0. The summed E-state index contributed by atoms with van der Waals surface area (Å²) in [6.45, 7) is 17.8. The number of H-pyrrole nitrogens is 2. The van der Waals surface area contributed by atoms with Crippen molar-refractivity contribution in [1.82, 2.24) is 19.9 Å². The molecule has 0 atom stereocenters. The van der Waals surface area contributed by atoms with Gasteiger partial charge in [0.05, 0.1) is 22.8 Å². The lowest BCUT2D eigenvalue weighted by Crippen LogP contribution is -1.86. The SMILES string of the molecule is CCCCC1=C(C)c2cc3nc(cc4[nH]c(cc5[nH]c(cc1n2)c(C)c5C)c(C)c4CCCC)C(C)=C3C. The number of nitrogens with zero attached hydrogens (tertiary/aromatic N) is 2. The number of aromatic nitrogens is 4. The van der Waals surface area contributed by atoms with Crippen molar-refractivity contribution in [3.8, 4) is 0 Å². The van der Waals surface area contributed by atoms with E-state index in [1.54, 1.807) is 0 Å². The minimum Gasteiger partial charge on any atom is -0.355 e. The third-order valence-corrected chi connectivity index (χ3v) is 8.73. The Bertz CT molecular complexity index is 1640. The van der Waals surface area contributed by atoms with Crippen LogP contribution in [-0.4, -0.2) is 19.9 Å². The summed E-state index contributed by atoms with van der Waals surface area (Å²) in [4.78, 5) is 17.8. The van der Waals surface area contributed by atoms with Crippen molar-refractivity contribution in [3.63, 3.8) is 0 Å². The monoisotopic (exact) mass is 506 g/mol. The van der Waals surface area contributed by atoms with E-state index in [4.69, 9.17) is 9.97 Å². The van der Waals surface area contributed by atoms with Crippen LogP contribution in [0.5, 0.6) is 0 Å². The highest BCUT2D eigenvalue weighted by atomic mass is 14.8. The fourth-order valence-corrected chi connectivity index (χ4v) is 5.71. The minimum atomic E-state index is 1.02. The van der Waals surface area contributed by atoms with Gasteiger partial charge in [0.1, 0.15) is 0 Å². The Morgan fingerprint density at radius 2 is 1.03 bits per heavy atom. The maximum Gasteiger partial charge on any atom is 0.0693 e. The zero-order valence-electron chi connectivity index (χ0n) is 24.4. The average Bonchev–Trinajstić information content (AvgIpc) is 3.53. The van der Waals surface area contributed by atoms with Gasteiger partial charge in [-0.1, -0.05) is 26.7 Å². The summed E-state index contributed by atoms with van der Waals surface area (Å²) in [6.07, 6.45) is 6.80. The lowest BCUT2D eigenvalue weighted by Gasteiger charge is -2.03.